The average molecular weight is 372 g/mol. The van der Waals surface area contributed by atoms with Crippen molar-refractivity contribution in [1.82, 2.24) is 5.43 Å². The van der Waals surface area contributed by atoms with E-state index in [1.165, 1.54) is 6.07 Å². The van der Waals surface area contributed by atoms with Crippen LogP contribution in [-0.2, 0) is 0 Å². The summed E-state index contributed by atoms with van der Waals surface area (Å²) in [5, 5.41) is 4.62. The van der Waals surface area contributed by atoms with Gasteiger partial charge in [-0.05, 0) is 35.9 Å². The molecule has 0 atom stereocenters. The highest BCUT2D eigenvalue weighted by Gasteiger charge is 2.06. The Morgan fingerprint density at radius 2 is 1.80 bits per heavy atom. The Balaban J connectivity index is 2.01. The molecule has 0 fully saturated rings. The first-order chi connectivity index (χ1) is 9.56. The average Bonchev–Trinajstić information content (AvgIpc) is 2.44. The number of benzene rings is 2. The lowest BCUT2D eigenvalue weighted by molar-refractivity contribution is 0.0955. The van der Waals surface area contributed by atoms with Gasteiger partial charge in [0.25, 0.3) is 5.91 Å². The molecule has 2 aromatic carbocycles. The van der Waals surface area contributed by atoms with Gasteiger partial charge < -0.3 is 0 Å². The van der Waals surface area contributed by atoms with Crippen LogP contribution in [0, 0.1) is 0 Å². The van der Waals surface area contributed by atoms with E-state index in [0.717, 1.165) is 10.0 Å². The number of nitrogens with zero attached hydrogens (tertiary/aromatic N) is 1. The van der Waals surface area contributed by atoms with Gasteiger partial charge in [0.15, 0.2) is 0 Å². The Kier molecular flexibility index (Phi) is 5.17. The highest BCUT2D eigenvalue weighted by molar-refractivity contribution is 9.10. The van der Waals surface area contributed by atoms with Crippen molar-refractivity contribution in [1.29, 1.82) is 0 Å². The SMILES string of the molecule is O=C(NN=Cc1ccc(Br)cc1)c1ccc(Cl)c(Cl)c1. The molecule has 0 aliphatic rings. The van der Waals surface area contributed by atoms with Gasteiger partial charge in [0.1, 0.15) is 0 Å². The Morgan fingerprint density at radius 3 is 2.45 bits per heavy atom. The maximum Gasteiger partial charge on any atom is 0.271 e. The first kappa shape index (κ1) is 15.0. The van der Waals surface area contributed by atoms with E-state index in [0.29, 0.717) is 15.6 Å². The van der Waals surface area contributed by atoms with Crippen molar-refractivity contribution in [3.05, 3.63) is 68.1 Å². The fourth-order valence-corrected chi connectivity index (χ4v) is 1.98. The molecule has 0 saturated heterocycles. The van der Waals surface area contributed by atoms with Crippen molar-refractivity contribution < 1.29 is 4.79 Å². The third-order valence-corrected chi connectivity index (χ3v) is 3.70. The van der Waals surface area contributed by atoms with E-state index in [9.17, 15) is 4.79 Å². The summed E-state index contributed by atoms with van der Waals surface area (Å²) >= 11 is 15.0. The number of hydrogen-bond acceptors (Lipinski definition) is 2. The molecule has 0 aromatic heterocycles. The van der Waals surface area contributed by atoms with E-state index in [1.807, 2.05) is 24.3 Å². The Bertz CT molecular complexity index is 657. The molecular weight excluding hydrogens is 363 g/mol. The second-order valence-electron chi connectivity index (χ2n) is 3.88. The molecule has 0 bridgehead atoms. The smallest absolute Gasteiger partial charge is 0.267 e. The van der Waals surface area contributed by atoms with Crippen molar-refractivity contribution in [3.8, 4) is 0 Å². The molecule has 3 nitrogen and oxygen atoms in total. The zero-order chi connectivity index (χ0) is 14.5. The van der Waals surface area contributed by atoms with Gasteiger partial charge in [-0.3, -0.25) is 4.79 Å². The first-order valence-corrected chi connectivity index (χ1v) is 7.15. The predicted octanol–water partition coefficient (Wildman–Crippen LogP) is 4.52. The van der Waals surface area contributed by atoms with E-state index in [2.05, 4.69) is 26.5 Å². The predicted molar refractivity (Wildman–Crippen MR) is 85.7 cm³/mol. The molecule has 20 heavy (non-hydrogen) atoms. The highest BCUT2D eigenvalue weighted by atomic mass is 79.9. The van der Waals surface area contributed by atoms with Crippen LogP contribution in [0.2, 0.25) is 10.0 Å². The largest absolute Gasteiger partial charge is 0.271 e. The maximum absolute atomic E-state index is 11.8. The first-order valence-electron chi connectivity index (χ1n) is 5.60. The van der Waals surface area contributed by atoms with Gasteiger partial charge in [-0.15, -0.1) is 0 Å². The maximum atomic E-state index is 11.8. The van der Waals surface area contributed by atoms with Gasteiger partial charge in [0.2, 0.25) is 0 Å². The molecule has 0 spiro atoms. The van der Waals surface area contributed by atoms with Crippen LogP contribution < -0.4 is 5.43 Å². The third-order valence-electron chi connectivity index (χ3n) is 2.43. The summed E-state index contributed by atoms with van der Waals surface area (Å²) in [7, 11) is 0. The molecule has 0 aliphatic heterocycles. The van der Waals surface area contributed by atoms with Crippen LogP contribution in [0.25, 0.3) is 0 Å². The van der Waals surface area contributed by atoms with Gasteiger partial charge in [-0.1, -0.05) is 51.3 Å². The van der Waals surface area contributed by atoms with Crippen molar-refractivity contribution in [3.63, 3.8) is 0 Å². The summed E-state index contributed by atoms with van der Waals surface area (Å²) in [4.78, 5) is 11.8. The number of nitrogens with one attached hydrogen (secondary N) is 1. The molecule has 1 N–H and O–H groups in total. The number of hydrazone groups is 1. The zero-order valence-electron chi connectivity index (χ0n) is 10.1. The molecular formula is C14H9BrCl2N2O. The number of carbonyl (C=O) groups is 1. The van der Waals surface area contributed by atoms with E-state index < -0.39 is 0 Å². The molecule has 6 heteroatoms. The molecule has 0 saturated carbocycles. The summed E-state index contributed by atoms with van der Waals surface area (Å²) in [5.74, 6) is -0.350. The second-order valence-corrected chi connectivity index (χ2v) is 5.61. The van der Waals surface area contributed by atoms with Crippen molar-refractivity contribution in [2.45, 2.75) is 0 Å². The number of rotatable bonds is 3. The summed E-state index contributed by atoms with van der Waals surface area (Å²) in [6.45, 7) is 0. The summed E-state index contributed by atoms with van der Waals surface area (Å²) in [6, 6.07) is 12.2. The van der Waals surface area contributed by atoms with Crippen LogP contribution in [0.4, 0.5) is 0 Å². The highest BCUT2D eigenvalue weighted by Crippen LogP contribution is 2.22. The molecule has 2 rings (SSSR count). The lowest BCUT2D eigenvalue weighted by Gasteiger charge is -2.01. The van der Waals surface area contributed by atoms with Crippen molar-refractivity contribution in [2.24, 2.45) is 5.10 Å². The number of amides is 1. The molecule has 0 radical (unpaired) electrons. The minimum atomic E-state index is -0.350. The summed E-state index contributed by atoms with van der Waals surface area (Å²) in [6.07, 6.45) is 1.56. The van der Waals surface area contributed by atoms with Gasteiger partial charge in [0.05, 0.1) is 16.3 Å². The molecule has 0 aliphatic carbocycles. The van der Waals surface area contributed by atoms with Gasteiger partial charge >= 0.3 is 0 Å². The lowest BCUT2D eigenvalue weighted by Crippen LogP contribution is -2.17. The normalized spacial score (nSPS) is 10.8. The minimum absolute atomic E-state index is 0.330. The van der Waals surface area contributed by atoms with Gasteiger partial charge in [-0.2, -0.15) is 5.10 Å². The van der Waals surface area contributed by atoms with Crippen LogP contribution in [0.3, 0.4) is 0 Å². The number of halogens is 3. The van der Waals surface area contributed by atoms with Crippen LogP contribution in [-0.4, -0.2) is 12.1 Å². The summed E-state index contributed by atoms with van der Waals surface area (Å²) < 4.78 is 0.981. The van der Waals surface area contributed by atoms with Crippen LogP contribution in [0.1, 0.15) is 15.9 Å². The summed E-state index contributed by atoms with van der Waals surface area (Å²) in [5.41, 5.74) is 3.70. The monoisotopic (exact) mass is 370 g/mol. The lowest BCUT2D eigenvalue weighted by atomic mass is 10.2. The van der Waals surface area contributed by atoms with E-state index in [1.54, 1.807) is 18.3 Å². The van der Waals surface area contributed by atoms with Gasteiger partial charge in [-0.25, -0.2) is 5.43 Å². The zero-order valence-corrected chi connectivity index (χ0v) is 13.2. The molecule has 2 aromatic rings. The van der Waals surface area contributed by atoms with Crippen LogP contribution in [0.5, 0.6) is 0 Å². The molecule has 0 heterocycles. The molecule has 1 amide bonds. The number of hydrogen-bond donors (Lipinski definition) is 1. The quantitative estimate of drug-likeness (QED) is 0.625. The Morgan fingerprint density at radius 1 is 1.10 bits per heavy atom. The fourth-order valence-electron chi connectivity index (χ4n) is 1.42. The molecule has 102 valence electrons. The van der Waals surface area contributed by atoms with Crippen LogP contribution in [0.15, 0.2) is 52.0 Å². The van der Waals surface area contributed by atoms with E-state index in [4.69, 9.17) is 23.2 Å². The fraction of sp³-hybridized carbons (Fsp3) is 0. The van der Waals surface area contributed by atoms with E-state index in [-0.39, 0.29) is 5.91 Å². The van der Waals surface area contributed by atoms with Crippen LogP contribution >= 0.6 is 39.1 Å². The Hall–Kier alpha value is -1.36. The second kappa shape index (κ2) is 6.88. The minimum Gasteiger partial charge on any atom is -0.267 e. The molecule has 0 unspecified atom stereocenters. The number of carbonyl (C=O) groups excluding carboxylic acids is 1. The van der Waals surface area contributed by atoms with Crippen molar-refractivity contribution in [2.75, 3.05) is 0 Å². The topological polar surface area (TPSA) is 41.5 Å². The van der Waals surface area contributed by atoms with Crippen molar-refractivity contribution >= 4 is 51.3 Å². The Labute approximate surface area is 134 Å². The third kappa shape index (κ3) is 4.07. The van der Waals surface area contributed by atoms with E-state index >= 15 is 0 Å². The van der Waals surface area contributed by atoms with Gasteiger partial charge in [0, 0.05) is 10.0 Å². The standard InChI is InChI=1S/C14H9BrCl2N2O/c15-11-4-1-9(2-5-11)8-18-19-14(20)10-3-6-12(16)13(17)7-10/h1-8H,(H,19,20).